The van der Waals surface area contributed by atoms with Crippen molar-refractivity contribution in [1.29, 1.82) is 0 Å². The van der Waals surface area contributed by atoms with Crippen LogP contribution in [0.3, 0.4) is 0 Å². The van der Waals surface area contributed by atoms with Gasteiger partial charge in [0.1, 0.15) is 23.6 Å². The molecule has 172 valence electrons. The Labute approximate surface area is 191 Å². The average Bonchev–Trinajstić information content (AvgIpc) is 3.37. The number of carbonyl (C=O) groups excluding carboxylic acids is 1. The van der Waals surface area contributed by atoms with Crippen LogP contribution in [-0.4, -0.2) is 39.3 Å². The summed E-state index contributed by atoms with van der Waals surface area (Å²) < 4.78 is 18.9. The van der Waals surface area contributed by atoms with Crippen LogP contribution >= 0.6 is 0 Å². The maximum absolute atomic E-state index is 14.0. The molecule has 1 atom stereocenters. The van der Waals surface area contributed by atoms with E-state index in [9.17, 15) is 9.18 Å². The number of aromatic nitrogens is 3. The zero-order valence-corrected chi connectivity index (χ0v) is 18.7. The molecular formula is C23H26FN7O2. The summed E-state index contributed by atoms with van der Waals surface area (Å²) in [6.07, 6.45) is 5.02. The van der Waals surface area contributed by atoms with Gasteiger partial charge in [0.05, 0.1) is 23.5 Å². The number of nitrogens with zero attached hydrogens (tertiary/aromatic N) is 4. The number of aliphatic imine (C=N–C) groups is 1. The molecule has 10 heteroatoms. The van der Waals surface area contributed by atoms with Crippen LogP contribution in [-0.2, 0) is 11.3 Å². The van der Waals surface area contributed by atoms with Crippen LogP contribution in [0.2, 0.25) is 0 Å². The van der Waals surface area contributed by atoms with Crippen molar-refractivity contribution >= 4 is 23.1 Å². The third-order valence-electron chi connectivity index (χ3n) is 5.29. The third kappa shape index (κ3) is 5.86. The monoisotopic (exact) mass is 451 g/mol. The predicted molar refractivity (Wildman–Crippen MR) is 124 cm³/mol. The molecule has 2 heterocycles. The Kier molecular flexibility index (Phi) is 7.62. The lowest BCUT2D eigenvalue weighted by Gasteiger charge is -2.26. The number of amides is 1. The summed E-state index contributed by atoms with van der Waals surface area (Å²) in [7, 11) is 1.72. The first-order valence-electron chi connectivity index (χ1n) is 10.4. The molecule has 9 nitrogen and oxygen atoms in total. The molecule has 3 rings (SSSR count). The van der Waals surface area contributed by atoms with Crippen molar-refractivity contribution in [3.63, 3.8) is 0 Å². The maximum Gasteiger partial charge on any atom is 0.245 e. The van der Waals surface area contributed by atoms with Crippen LogP contribution < -0.4 is 16.4 Å². The molecule has 0 aliphatic carbocycles. The Morgan fingerprint density at radius 1 is 1.30 bits per heavy atom. The molecule has 0 aliphatic rings. The number of nitrogens with two attached hydrogens (primary N) is 1. The van der Waals surface area contributed by atoms with Crippen LogP contribution in [0, 0.1) is 5.82 Å². The van der Waals surface area contributed by atoms with Crippen molar-refractivity contribution in [2.24, 2.45) is 10.7 Å². The highest BCUT2D eigenvalue weighted by Gasteiger charge is 2.29. The van der Waals surface area contributed by atoms with E-state index < -0.39 is 5.54 Å². The van der Waals surface area contributed by atoms with Gasteiger partial charge in [-0.2, -0.15) is 0 Å². The fourth-order valence-corrected chi connectivity index (χ4v) is 2.83. The van der Waals surface area contributed by atoms with E-state index in [0.29, 0.717) is 29.2 Å². The van der Waals surface area contributed by atoms with Crippen molar-refractivity contribution in [1.82, 2.24) is 20.4 Å². The smallest absolute Gasteiger partial charge is 0.245 e. The molecule has 0 aliphatic heterocycles. The third-order valence-corrected chi connectivity index (χ3v) is 5.29. The SMILES string of the molecule is CCC(C)(NC)C(=O)Nc1ccnc(C(N)=CC(=NCc2ccccc2F)c2ccon2)n1. The molecule has 0 bridgehead atoms. The van der Waals surface area contributed by atoms with Crippen LogP contribution in [0.5, 0.6) is 0 Å². The second-order valence-corrected chi connectivity index (χ2v) is 7.43. The minimum absolute atomic E-state index is 0.0786. The predicted octanol–water partition coefficient (Wildman–Crippen LogP) is 2.92. The number of hydrogen-bond donors (Lipinski definition) is 3. The van der Waals surface area contributed by atoms with Gasteiger partial charge in [-0.25, -0.2) is 14.4 Å². The first-order chi connectivity index (χ1) is 15.9. The summed E-state index contributed by atoms with van der Waals surface area (Å²) in [6, 6.07) is 9.56. The number of allylic oxidation sites excluding steroid dienone is 1. The first-order valence-corrected chi connectivity index (χ1v) is 10.4. The Hall–Kier alpha value is -3.92. The molecule has 33 heavy (non-hydrogen) atoms. The molecular weight excluding hydrogens is 425 g/mol. The van der Waals surface area contributed by atoms with Crippen LogP contribution in [0.15, 0.2) is 64.4 Å². The minimum atomic E-state index is -0.744. The molecule has 4 N–H and O–H groups in total. The molecule has 0 radical (unpaired) electrons. The van der Waals surface area contributed by atoms with Crippen molar-refractivity contribution in [2.75, 3.05) is 12.4 Å². The highest BCUT2D eigenvalue weighted by Crippen LogP contribution is 2.15. The molecule has 1 amide bonds. The maximum atomic E-state index is 14.0. The lowest BCUT2D eigenvalue weighted by atomic mass is 9.98. The van der Waals surface area contributed by atoms with E-state index in [2.05, 4.69) is 30.8 Å². The zero-order chi connectivity index (χ0) is 23.8. The largest absolute Gasteiger partial charge is 0.396 e. The van der Waals surface area contributed by atoms with Gasteiger partial charge in [0, 0.05) is 17.8 Å². The van der Waals surface area contributed by atoms with Crippen molar-refractivity contribution in [2.45, 2.75) is 32.4 Å². The summed E-state index contributed by atoms with van der Waals surface area (Å²) in [5.74, 6) is -0.0836. The zero-order valence-electron chi connectivity index (χ0n) is 18.7. The van der Waals surface area contributed by atoms with Crippen LogP contribution in [0.1, 0.15) is 37.4 Å². The number of halogens is 1. The Bertz CT molecular complexity index is 1160. The number of carbonyl (C=O) groups is 1. The van der Waals surface area contributed by atoms with Gasteiger partial charge < -0.3 is 20.9 Å². The number of anilines is 1. The number of nitrogens with one attached hydrogen (secondary N) is 2. The Morgan fingerprint density at radius 3 is 2.76 bits per heavy atom. The van der Waals surface area contributed by atoms with E-state index in [4.69, 9.17) is 10.3 Å². The van der Waals surface area contributed by atoms with Crippen molar-refractivity contribution in [3.05, 3.63) is 77.8 Å². The van der Waals surface area contributed by atoms with Gasteiger partial charge in [-0.05, 0) is 38.6 Å². The highest BCUT2D eigenvalue weighted by atomic mass is 19.1. The summed E-state index contributed by atoms with van der Waals surface area (Å²) in [6.45, 7) is 3.79. The summed E-state index contributed by atoms with van der Waals surface area (Å²) in [5, 5.41) is 9.68. The summed E-state index contributed by atoms with van der Waals surface area (Å²) in [5.41, 5.74) is 6.90. The fraction of sp³-hybridized carbons (Fsp3) is 0.261. The van der Waals surface area contributed by atoms with E-state index in [0.717, 1.165) is 0 Å². The van der Waals surface area contributed by atoms with Gasteiger partial charge in [-0.3, -0.25) is 9.79 Å². The summed E-state index contributed by atoms with van der Waals surface area (Å²) in [4.78, 5) is 25.6. The van der Waals surface area contributed by atoms with Gasteiger partial charge in [-0.15, -0.1) is 0 Å². The Morgan fingerprint density at radius 2 is 2.09 bits per heavy atom. The van der Waals surface area contributed by atoms with Crippen molar-refractivity contribution in [3.8, 4) is 0 Å². The molecule has 2 aromatic heterocycles. The molecule has 1 unspecified atom stereocenters. The van der Waals surface area contributed by atoms with E-state index >= 15 is 0 Å². The molecule has 1 aromatic carbocycles. The molecule has 3 aromatic rings. The first kappa shape index (κ1) is 23.7. The van der Waals surface area contributed by atoms with Crippen LogP contribution in [0.25, 0.3) is 5.70 Å². The standard InChI is InChI=1S/C23H26FN7O2/c1-4-23(2,26-3)22(32)30-20-9-11-27-21(29-20)17(25)13-19(18-10-12-33-31-18)28-14-15-7-5-6-8-16(15)24/h5-13,26H,4,14,25H2,1-3H3,(H,27,29,30,32). The minimum Gasteiger partial charge on any atom is -0.396 e. The lowest BCUT2D eigenvalue weighted by molar-refractivity contribution is -0.121. The lowest BCUT2D eigenvalue weighted by Crippen LogP contribution is -2.50. The number of benzene rings is 1. The topological polar surface area (TPSA) is 131 Å². The molecule has 0 saturated carbocycles. The van der Waals surface area contributed by atoms with Crippen LogP contribution in [0.4, 0.5) is 10.2 Å². The average molecular weight is 452 g/mol. The fourth-order valence-electron chi connectivity index (χ4n) is 2.83. The van der Waals surface area contributed by atoms with Gasteiger partial charge in [-0.1, -0.05) is 30.3 Å². The van der Waals surface area contributed by atoms with E-state index in [1.54, 1.807) is 44.3 Å². The normalized spacial score (nSPS) is 14.1. The Balaban J connectivity index is 1.87. The van der Waals surface area contributed by atoms with Gasteiger partial charge in [0.2, 0.25) is 5.91 Å². The van der Waals surface area contributed by atoms with Gasteiger partial charge in [0.25, 0.3) is 0 Å². The quantitative estimate of drug-likeness (QED) is 0.426. The second-order valence-electron chi connectivity index (χ2n) is 7.43. The molecule has 0 spiro atoms. The second kappa shape index (κ2) is 10.6. The summed E-state index contributed by atoms with van der Waals surface area (Å²) >= 11 is 0. The number of rotatable bonds is 9. The van der Waals surface area contributed by atoms with E-state index in [-0.39, 0.29) is 29.8 Å². The number of hydrogen-bond acceptors (Lipinski definition) is 8. The van der Waals surface area contributed by atoms with Gasteiger partial charge in [0.15, 0.2) is 5.82 Å². The van der Waals surface area contributed by atoms with E-state index in [1.807, 2.05) is 6.92 Å². The molecule has 0 fully saturated rings. The highest BCUT2D eigenvalue weighted by molar-refractivity contribution is 6.10. The number of likely N-dealkylation sites (N-methyl/N-ethyl adjacent to an activating group) is 1. The van der Waals surface area contributed by atoms with Crippen molar-refractivity contribution < 1.29 is 13.7 Å². The molecule has 0 saturated heterocycles. The van der Waals surface area contributed by atoms with E-state index in [1.165, 1.54) is 24.6 Å². The van der Waals surface area contributed by atoms with Gasteiger partial charge >= 0.3 is 0 Å².